The molecular weight excluding hydrogens is 314 g/mol. The number of H-pyrrole nitrogens is 1. The van der Waals surface area contributed by atoms with Gasteiger partial charge in [0.2, 0.25) is 5.82 Å². The van der Waals surface area contributed by atoms with Gasteiger partial charge < -0.3 is 10.3 Å². The number of unbranched alkanes of at least 4 members (excludes halogenated alkanes) is 1. The lowest BCUT2D eigenvalue weighted by molar-refractivity contribution is 0.591. The van der Waals surface area contributed by atoms with Gasteiger partial charge in [0.05, 0.1) is 17.5 Å². The van der Waals surface area contributed by atoms with Crippen molar-refractivity contribution in [1.29, 1.82) is 5.26 Å². The van der Waals surface area contributed by atoms with Gasteiger partial charge in [0.25, 0.3) is 0 Å². The number of rotatable bonds is 7. The molecule has 0 saturated carbocycles. The van der Waals surface area contributed by atoms with Gasteiger partial charge in [-0.05, 0) is 18.9 Å². The number of fused-ring (bicyclic) bond motifs is 1. The molecule has 25 heavy (non-hydrogen) atoms. The van der Waals surface area contributed by atoms with E-state index in [9.17, 15) is 0 Å². The summed E-state index contributed by atoms with van der Waals surface area (Å²) in [6.07, 6.45) is 9.47. The van der Waals surface area contributed by atoms with Crippen molar-refractivity contribution < 1.29 is 0 Å². The van der Waals surface area contributed by atoms with Crippen LogP contribution in [0.1, 0.15) is 45.4 Å². The Bertz CT molecular complexity index is 894. The van der Waals surface area contributed by atoms with Crippen LogP contribution in [0.15, 0.2) is 24.7 Å². The number of aromatic amines is 1. The van der Waals surface area contributed by atoms with Crippen molar-refractivity contribution in [3.8, 4) is 17.3 Å². The van der Waals surface area contributed by atoms with Gasteiger partial charge in [-0.2, -0.15) is 5.26 Å². The maximum absolute atomic E-state index is 9.13. The molecule has 7 heteroatoms. The molecule has 0 spiro atoms. The second-order valence-corrected chi connectivity index (χ2v) is 5.93. The first-order valence-corrected chi connectivity index (χ1v) is 8.59. The molecule has 0 radical (unpaired) electrons. The molecule has 3 heterocycles. The Hall–Kier alpha value is -3.01. The molecule has 0 aromatic carbocycles. The van der Waals surface area contributed by atoms with Gasteiger partial charge >= 0.3 is 0 Å². The molecule has 3 rings (SSSR count). The van der Waals surface area contributed by atoms with E-state index in [0.29, 0.717) is 17.6 Å². The van der Waals surface area contributed by atoms with E-state index >= 15 is 0 Å². The summed E-state index contributed by atoms with van der Waals surface area (Å²) in [5, 5.41) is 12.6. The van der Waals surface area contributed by atoms with Crippen LogP contribution in [0.4, 0.5) is 5.82 Å². The minimum atomic E-state index is 0.146. The van der Waals surface area contributed by atoms with Crippen LogP contribution >= 0.6 is 0 Å². The lowest BCUT2D eigenvalue weighted by atomic mass is 10.1. The highest BCUT2D eigenvalue weighted by Gasteiger charge is 2.15. The van der Waals surface area contributed by atoms with Gasteiger partial charge in [-0.1, -0.05) is 26.7 Å². The fraction of sp³-hybridized carbons (Fsp3) is 0.389. The van der Waals surface area contributed by atoms with Crippen molar-refractivity contribution in [1.82, 2.24) is 24.9 Å². The summed E-state index contributed by atoms with van der Waals surface area (Å²) >= 11 is 0. The van der Waals surface area contributed by atoms with Crippen LogP contribution < -0.4 is 5.32 Å². The monoisotopic (exact) mass is 335 g/mol. The molecule has 128 valence electrons. The average molecular weight is 335 g/mol. The Morgan fingerprint density at radius 1 is 1.24 bits per heavy atom. The molecule has 0 aliphatic rings. The summed E-state index contributed by atoms with van der Waals surface area (Å²) in [5.74, 6) is 0.783. The second-order valence-electron chi connectivity index (χ2n) is 5.93. The van der Waals surface area contributed by atoms with Gasteiger partial charge in [0.1, 0.15) is 17.4 Å². The fourth-order valence-corrected chi connectivity index (χ4v) is 2.72. The first kappa shape index (κ1) is 16.8. The molecule has 3 aromatic heterocycles. The van der Waals surface area contributed by atoms with Gasteiger partial charge in [-0.25, -0.2) is 19.9 Å². The summed E-state index contributed by atoms with van der Waals surface area (Å²) in [4.78, 5) is 20.5. The van der Waals surface area contributed by atoms with Gasteiger partial charge in [0, 0.05) is 18.4 Å². The predicted molar refractivity (Wildman–Crippen MR) is 96.9 cm³/mol. The molecule has 1 atom stereocenters. The Morgan fingerprint density at radius 2 is 2.12 bits per heavy atom. The first-order valence-electron chi connectivity index (χ1n) is 8.59. The number of nitriles is 1. The third-order valence-electron chi connectivity index (χ3n) is 4.17. The Labute approximate surface area is 146 Å². The van der Waals surface area contributed by atoms with Crippen LogP contribution in [0.3, 0.4) is 0 Å². The number of hydrogen-bond donors (Lipinski definition) is 2. The van der Waals surface area contributed by atoms with E-state index < -0.39 is 0 Å². The van der Waals surface area contributed by atoms with Crippen LogP contribution in [0.25, 0.3) is 22.4 Å². The molecule has 1 unspecified atom stereocenters. The Morgan fingerprint density at radius 3 is 2.88 bits per heavy atom. The standard InChI is InChI=1S/C18H21N7/c1-3-5-6-12(4-2)23-17-13(10-21-16(9-19)25-17)15-11-22-18-14(24-15)7-8-20-18/h7-8,10-12H,3-6H2,1-2H3,(H,20,22)(H,21,23,25). The summed E-state index contributed by atoms with van der Waals surface area (Å²) in [6.45, 7) is 4.32. The zero-order valence-electron chi connectivity index (χ0n) is 14.5. The van der Waals surface area contributed by atoms with Crippen LogP contribution in [-0.4, -0.2) is 31.0 Å². The number of hydrogen-bond acceptors (Lipinski definition) is 6. The Kier molecular flexibility index (Phi) is 5.19. The van der Waals surface area contributed by atoms with Crippen LogP contribution in [0.2, 0.25) is 0 Å². The van der Waals surface area contributed by atoms with Crippen molar-refractivity contribution in [3.05, 3.63) is 30.5 Å². The summed E-state index contributed by atoms with van der Waals surface area (Å²) in [6, 6.07) is 4.17. The highest BCUT2D eigenvalue weighted by atomic mass is 15.1. The molecule has 0 saturated heterocycles. The fourth-order valence-electron chi connectivity index (χ4n) is 2.72. The molecule has 2 N–H and O–H groups in total. The highest BCUT2D eigenvalue weighted by Crippen LogP contribution is 2.26. The van der Waals surface area contributed by atoms with Crippen molar-refractivity contribution in [2.24, 2.45) is 0 Å². The van der Waals surface area contributed by atoms with E-state index in [1.54, 1.807) is 18.6 Å². The average Bonchev–Trinajstić information content (AvgIpc) is 3.12. The van der Waals surface area contributed by atoms with Gasteiger partial charge in [0.15, 0.2) is 5.65 Å². The molecule has 7 nitrogen and oxygen atoms in total. The van der Waals surface area contributed by atoms with Crippen molar-refractivity contribution in [3.63, 3.8) is 0 Å². The minimum Gasteiger partial charge on any atom is -0.367 e. The predicted octanol–water partition coefficient (Wildman–Crippen LogP) is 3.67. The molecule has 0 aliphatic carbocycles. The molecule has 3 aromatic rings. The lowest BCUT2D eigenvalue weighted by Gasteiger charge is -2.19. The molecule has 0 amide bonds. The minimum absolute atomic E-state index is 0.146. The number of nitrogens with one attached hydrogen (secondary N) is 2. The quantitative estimate of drug-likeness (QED) is 0.683. The molecular formula is C18H21N7. The van der Waals surface area contributed by atoms with Crippen molar-refractivity contribution in [2.45, 2.75) is 45.6 Å². The van der Waals surface area contributed by atoms with E-state index in [2.05, 4.69) is 44.1 Å². The lowest BCUT2D eigenvalue weighted by Crippen LogP contribution is -2.20. The highest BCUT2D eigenvalue weighted by molar-refractivity contribution is 5.78. The van der Waals surface area contributed by atoms with Crippen molar-refractivity contribution >= 4 is 17.0 Å². The topological polar surface area (TPSA) is 103 Å². The zero-order valence-corrected chi connectivity index (χ0v) is 14.5. The third kappa shape index (κ3) is 3.74. The summed E-state index contributed by atoms with van der Waals surface area (Å²) < 4.78 is 0. The van der Waals surface area contributed by atoms with E-state index in [4.69, 9.17) is 5.26 Å². The molecule has 0 bridgehead atoms. The number of anilines is 1. The van der Waals surface area contributed by atoms with Crippen LogP contribution in [0, 0.1) is 11.3 Å². The zero-order chi connectivity index (χ0) is 17.6. The molecule has 0 aliphatic heterocycles. The maximum atomic E-state index is 9.13. The first-order chi connectivity index (χ1) is 12.2. The summed E-state index contributed by atoms with van der Waals surface area (Å²) in [7, 11) is 0. The van der Waals surface area contributed by atoms with E-state index in [1.807, 2.05) is 12.1 Å². The van der Waals surface area contributed by atoms with Gasteiger partial charge in [-0.3, -0.25) is 0 Å². The van der Waals surface area contributed by atoms with E-state index in [-0.39, 0.29) is 5.82 Å². The molecule has 0 fully saturated rings. The largest absolute Gasteiger partial charge is 0.367 e. The van der Waals surface area contributed by atoms with Crippen LogP contribution in [0.5, 0.6) is 0 Å². The van der Waals surface area contributed by atoms with Crippen LogP contribution in [-0.2, 0) is 0 Å². The number of nitrogens with zero attached hydrogens (tertiary/aromatic N) is 5. The van der Waals surface area contributed by atoms with E-state index in [0.717, 1.165) is 42.4 Å². The normalized spacial score (nSPS) is 12.0. The Balaban J connectivity index is 1.98. The summed E-state index contributed by atoms with van der Waals surface area (Å²) in [5.41, 5.74) is 2.96. The number of aromatic nitrogens is 5. The van der Waals surface area contributed by atoms with Crippen molar-refractivity contribution in [2.75, 3.05) is 5.32 Å². The maximum Gasteiger partial charge on any atom is 0.234 e. The van der Waals surface area contributed by atoms with Gasteiger partial charge in [-0.15, -0.1) is 0 Å². The van der Waals surface area contributed by atoms with E-state index in [1.165, 1.54) is 0 Å². The smallest absolute Gasteiger partial charge is 0.234 e. The second kappa shape index (κ2) is 7.71. The SMILES string of the molecule is CCCCC(CC)Nc1nc(C#N)ncc1-c1cnc2[nH]ccc2n1. The third-order valence-corrected chi connectivity index (χ3v) is 4.17.